The van der Waals surface area contributed by atoms with E-state index in [-0.39, 0.29) is 5.91 Å². The van der Waals surface area contributed by atoms with Gasteiger partial charge >= 0.3 is 0 Å². The Bertz CT molecular complexity index is 1420. The number of nitrogens with one attached hydrogen (secondary N) is 1. The van der Waals surface area contributed by atoms with E-state index in [1.807, 2.05) is 68.4 Å². The predicted octanol–water partition coefficient (Wildman–Crippen LogP) is 6.67. The normalized spacial score (nSPS) is 11.1. The standard InChI is InChI=1S/C26H21N3O2S/c1-15-5-9-17(10-6-15)20-14-19(21-4-3-13-31-21)22-23(27)24(32-26(22)29-20)25(30)28-18-11-7-16(2)8-12-18/h3-14H,27H2,1-2H3,(H,28,30). The highest BCUT2D eigenvalue weighted by Gasteiger charge is 2.22. The molecule has 32 heavy (non-hydrogen) atoms. The summed E-state index contributed by atoms with van der Waals surface area (Å²) in [5, 5.41) is 3.67. The quantitative estimate of drug-likeness (QED) is 0.327. The lowest BCUT2D eigenvalue weighted by Gasteiger charge is -2.07. The van der Waals surface area contributed by atoms with Crippen LogP contribution in [0.25, 0.3) is 32.8 Å². The molecule has 3 heterocycles. The molecule has 3 N–H and O–H groups in total. The molecule has 2 aromatic carbocycles. The fourth-order valence-electron chi connectivity index (χ4n) is 3.61. The molecular weight excluding hydrogens is 418 g/mol. The molecule has 158 valence electrons. The Balaban J connectivity index is 1.64. The Labute approximate surface area is 189 Å². The summed E-state index contributed by atoms with van der Waals surface area (Å²) in [6, 6.07) is 21.5. The van der Waals surface area contributed by atoms with Crippen LogP contribution in [0.3, 0.4) is 0 Å². The van der Waals surface area contributed by atoms with Gasteiger partial charge in [0.05, 0.1) is 17.6 Å². The van der Waals surface area contributed by atoms with Crippen molar-refractivity contribution in [2.75, 3.05) is 11.1 Å². The molecule has 3 aromatic heterocycles. The summed E-state index contributed by atoms with van der Waals surface area (Å²) in [6.45, 7) is 4.05. The number of nitrogen functional groups attached to an aromatic ring is 1. The minimum atomic E-state index is -0.253. The topological polar surface area (TPSA) is 81.2 Å². The molecule has 0 unspecified atom stereocenters. The first-order chi connectivity index (χ1) is 15.5. The Morgan fingerprint density at radius 1 is 1.00 bits per heavy atom. The number of carbonyl (C=O) groups excluding carboxylic acids is 1. The number of thiophene rings is 1. The number of aromatic nitrogens is 1. The van der Waals surface area contributed by atoms with Gasteiger partial charge in [0.25, 0.3) is 5.91 Å². The highest BCUT2D eigenvalue weighted by molar-refractivity contribution is 7.21. The number of hydrogen-bond acceptors (Lipinski definition) is 5. The Morgan fingerprint density at radius 3 is 2.34 bits per heavy atom. The van der Waals surface area contributed by atoms with Crippen molar-refractivity contribution in [2.24, 2.45) is 0 Å². The molecule has 0 radical (unpaired) electrons. The van der Waals surface area contributed by atoms with Gasteiger partial charge in [-0.3, -0.25) is 4.79 Å². The molecule has 0 aliphatic rings. The number of nitrogens with two attached hydrogens (primary N) is 1. The zero-order valence-electron chi connectivity index (χ0n) is 17.7. The van der Waals surface area contributed by atoms with Crippen LogP contribution in [-0.2, 0) is 0 Å². The third-order valence-corrected chi connectivity index (χ3v) is 6.45. The predicted molar refractivity (Wildman–Crippen MR) is 131 cm³/mol. The van der Waals surface area contributed by atoms with Crippen molar-refractivity contribution in [3.63, 3.8) is 0 Å². The van der Waals surface area contributed by atoms with Crippen LogP contribution in [0.5, 0.6) is 0 Å². The summed E-state index contributed by atoms with van der Waals surface area (Å²) >= 11 is 1.29. The van der Waals surface area contributed by atoms with E-state index in [4.69, 9.17) is 15.1 Å². The smallest absolute Gasteiger partial charge is 0.267 e. The van der Waals surface area contributed by atoms with Crippen LogP contribution in [0.15, 0.2) is 77.4 Å². The number of carbonyl (C=O) groups is 1. The second-order valence-corrected chi connectivity index (χ2v) is 8.74. The number of fused-ring (bicyclic) bond motifs is 1. The zero-order valence-corrected chi connectivity index (χ0v) is 18.5. The van der Waals surface area contributed by atoms with Gasteiger partial charge in [-0.15, -0.1) is 11.3 Å². The van der Waals surface area contributed by atoms with E-state index in [1.165, 1.54) is 16.9 Å². The SMILES string of the molecule is Cc1ccc(NC(=O)c2sc3nc(-c4ccc(C)cc4)cc(-c4ccco4)c3c2N)cc1. The maximum atomic E-state index is 13.0. The highest BCUT2D eigenvalue weighted by Crippen LogP contribution is 2.41. The largest absolute Gasteiger partial charge is 0.464 e. The number of pyridine rings is 1. The van der Waals surface area contributed by atoms with Crippen molar-refractivity contribution in [3.05, 3.63) is 89.0 Å². The minimum absolute atomic E-state index is 0.253. The van der Waals surface area contributed by atoms with Crippen molar-refractivity contribution in [1.29, 1.82) is 0 Å². The van der Waals surface area contributed by atoms with Crippen LogP contribution >= 0.6 is 11.3 Å². The maximum Gasteiger partial charge on any atom is 0.267 e. The van der Waals surface area contributed by atoms with Crippen molar-refractivity contribution in [3.8, 4) is 22.6 Å². The zero-order chi connectivity index (χ0) is 22.2. The number of nitrogens with zero attached hydrogens (tertiary/aromatic N) is 1. The van der Waals surface area contributed by atoms with Gasteiger partial charge in [0, 0.05) is 22.2 Å². The molecule has 0 fully saturated rings. The summed E-state index contributed by atoms with van der Waals surface area (Å²) < 4.78 is 5.69. The van der Waals surface area contributed by atoms with E-state index in [0.717, 1.165) is 33.5 Å². The summed E-state index contributed by atoms with van der Waals surface area (Å²) in [7, 11) is 0. The summed E-state index contributed by atoms with van der Waals surface area (Å²) in [4.78, 5) is 19.0. The second kappa shape index (κ2) is 7.98. The van der Waals surface area contributed by atoms with E-state index in [2.05, 4.69) is 17.4 Å². The number of anilines is 2. The highest BCUT2D eigenvalue weighted by atomic mass is 32.1. The summed E-state index contributed by atoms with van der Waals surface area (Å²) in [6.07, 6.45) is 1.63. The molecule has 0 aliphatic heterocycles. The molecule has 5 nitrogen and oxygen atoms in total. The fraction of sp³-hybridized carbons (Fsp3) is 0.0769. The van der Waals surface area contributed by atoms with E-state index in [9.17, 15) is 4.79 Å². The monoisotopic (exact) mass is 439 g/mol. The van der Waals surface area contributed by atoms with Crippen LogP contribution in [-0.4, -0.2) is 10.9 Å². The van der Waals surface area contributed by atoms with Gasteiger partial charge in [0.2, 0.25) is 0 Å². The number of hydrogen-bond donors (Lipinski definition) is 2. The molecule has 1 amide bonds. The first-order valence-corrected chi connectivity index (χ1v) is 11.0. The summed E-state index contributed by atoms with van der Waals surface area (Å²) in [5.74, 6) is 0.428. The first-order valence-electron chi connectivity index (χ1n) is 10.2. The van der Waals surface area contributed by atoms with E-state index < -0.39 is 0 Å². The fourth-order valence-corrected chi connectivity index (χ4v) is 4.63. The Kier molecular flexibility index (Phi) is 4.99. The van der Waals surface area contributed by atoms with Crippen molar-refractivity contribution >= 4 is 38.8 Å². The molecule has 0 atom stereocenters. The van der Waals surface area contributed by atoms with Gasteiger partial charge < -0.3 is 15.5 Å². The average Bonchev–Trinajstić information content (AvgIpc) is 3.44. The molecule has 6 heteroatoms. The van der Waals surface area contributed by atoms with Gasteiger partial charge in [0.15, 0.2) is 0 Å². The van der Waals surface area contributed by atoms with Crippen LogP contribution in [0.2, 0.25) is 0 Å². The Morgan fingerprint density at radius 2 is 1.69 bits per heavy atom. The Hall–Kier alpha value is -3.90. The van der Waals surface area contributed by atoms with E-state index >= 15 is 0 Å². The molecule has 5 aromatic rings. The number of aryl methyl sites for hydroxylation is 2. The molecule has 0 saturated heterocycles. The third-order valence-electron chi connectivity index (χ3n) is 5.35. The van der Waals surface area contributed by atoms with Crippen LogP contribution in [0.4, 0.5) is 11.4 Å². The van der Waals surface area contributed by atoms with Gasteiger partial charge in [-0.2, -0.15) is 0 Å². The molecule has 0 spiro atoms. The van der Waals surface area contributed by atoms with Crippen LogP contribution < -0.4 is 11.1 Å². The lowest BCUT2D eigenvalue weighted by atomic mass is 10.0. The first kappa shape index (κ1) is 20.0. The van der Waals surface area contributed by atoms with Gasteiger partial charge in [-0.25, -0.2) is 4.98 Å². The van der Waals surface area contributed by atoms with E-state index in [1.54, 1.807) is 6.26 Å². The van der Waals surface area contributed by atoms with Crippen molar-refractivity contribution in [1.82, 2.24) is 4.98 Å². The molecule has 0 saturated carbocycles. The van der Waals surface area contributed by atoms with Gasteiger partial charge in [0.1, 0.15) is 15.5 Å². The number of furan rings is 1. The molecule has 0 aliphatic carbocycles. The van der Waals surface area contributed by atoms with Gasteiger partial charge in [-0.05, 0) is 44.2 Å². The average molecular weight is 440 g/mol. The van der Waals surface area contributed by atoms with Crippen molar-refractivity contribution in [2.45, 2.75) is 13.8 Å². The molecule has 0 bridgehead atoms. The lowest BCUT2D eigenvalue weighted by molar-refractivity contribution is 0.103. The number of rotatable bonds is 4. The van der Waals surface area contributed by atoms with E-state index in [0.29, 0.717) is 21.2 Å². The molecular formula is C26H21N3O2S. The number of amides is 1. The minimum Gasteiger partial charge on any atom is -0.464 e. The number of benzene rings is 2. The second-order valence-electron chi connectivity index (χ2n) is 7.74. The van der Waals surface area contributed by atoms with Gasteiger partial charge in [-0.1, -0.05) is 47.5 Å². The van der Waals surface area contributed by atoms with Crippen LogP contribution in [0.1, 0.15) is 20.8 Å². The van der Waals surface area contributed by atoms with Crippen LogP contribution in [0, 0.1) is 13.8 Å². The maximum absolute atomic E-state index is 13.0. The summed E-state index contributed by atoms with van der Waals surface area (Å²) in [5.41, 5.74) is 12.5. The molecule has 5 rings (SSSR count). The lowest BCUT2D eigenvalue weighted by Crippen LogP contribution is -2.11. The van der Waals surface area contributed by atoms with Crippen molar-refractivity contribution < 1.29 is 9.21 Å². The third kappa shape index (κ3) is 3.65.